The third-order valence-electron chi connectivity index (χ3n) is 7.19. The summed E-state index contributed by atoms with van der Waals surface area (Å²) >= 11 is 0. The fraction of sp³-hybridized carbons (Fsp3) is 1.00. The summed E-state index contributed by atoms with van der Waals surface area (Å²) in [6, 6.07) is 0. The van der Waals surface area contributed by atoms with Gasteiger partial charge in [-0.2, -0.15) is 0 Å². The number of hydrogen-bond acceptors (Lipinski definition) is 1. The van der Waals surface area contributed by atoms with Crippen molar-refractivity contribution in [2.45, 2.75) is 96.8 Å². The van der Waals surface area contributed by atoms with Crippen LogP contribution in [0.15, 0.2) is 0 Å². The lowest BCUT2D eigenvalue weighted by Gasteiger charge is -2.48. The van der Waals surface area contributed by atoms with Crippen LogP contribution in [-0.2, 0) is 0 Å². The number of fused-ring (bicyclic) bond motifs is 3. The van der Waals surface area contributed by atoms with E-state index in [0.29, 0.717) is 0 Å². The Morgan fingerprint density at radius 3 is 2.23 bits per heavy atom. The van der Waals surface area contributed by atoms with Gasteiger partial charge in [0.15, 0.2) is 0 Å². The zero-order valence-corrected chi connectivity index (χ0v) is 16.9. The lowest BCUT2D eigenvalue weighted by atomic mass is 9.62. The van der Waals surface area contributed by atoms with Crippen LogP contribution in [0.3, 0.4) is 0 Å². The minimum atomic E-state index is -1.38. The molecule has 0 amide bonds. The summed E-state index contributed by atoms with van der Waals surface area (Å²) in [4.78, 5) is 4.11. The molecule has 0 aromatic rings. The fourth-order valence-corrected chi connectivity index (χ4v) is 12.3. The molecule has 0 spiro atoms. The Kier molecular flexibility index (Phi) is 4.57. The van der Waals surface area contributed by atoms with Gasteiger partial charge in [0.25, 0.3) is 0 Å². The molecule has 6 atom stereocenters. The Hall–Kier alpha value is 0.177. The van der Waals surface area contributed by atoms with Crippen LogP contribution in [-0.4, -0.2) is 13.8 Å². The number of hydrogen-bond donors (Lipinski definition) is 1. The molecule has 3 aliphatic carbocycles. The predicted octanol–water partition coefficient (Wildman–Crippen LogP) is 5.82. The van der Waals surface area contributed by atoms with Crippen molar-refractivity contribution in [3.63, 3.8) is 0 Å². The molecule has 1 nitrogen and oxygen atoms in total. The van der Waals surface area contributed by atoms with Crippen LogP contribution in [0.4, 0.5) is 0 Å². The first-order chi connectivity index (χ1) is 10.2. The van der Waals surface area contributed by atoms with Crippen molar-refractivity contribution in [3.8, 4) is 0 Å². The molecule has 128 valence electrons. The monoisotopic (exact) mass is 321 g/mol. The summed E-state index contributed by atoms with van der Waals surface area (Å²) < 4.78 is 0. The first-order valence-corrected chi connectivity index (χ1v) is 13.1. The highest BCUT2D eigenvalue weighted by Crippen LogP contribution is 2.60. The van der Waals surface area contributed by atoms with Crippen LogP contribution < -0.4 is 4.98 Å². The standard InChI is InChI=1S/C20H39NSi/c1-14-13-18-16-10-8-7-9-15(16)11-12-17(18)19(14)22(5,6)21-20(2,3)4/h14-19,21H,7-13H2,1-6H3. The van der Waals surface area contributed by atoms with Gasteiger partial charge in [-0.25, -0.2) is 0 Å². The van der Waals surface area contributed by atoms with Gasteiger partial charge in [-0.15, -0.1) is 0 Å². The summed E-state index contributed by atoms with van der Waals surface area (Å²) in [5.74, 6) is 5.27. The molecule has 0 radical (unpaired) electrons. The minimum absolute atomic E-state index is 0.273. The van der Waals surface area contributed by atoms with Crippen LogP contribution >= 0.6 is 0 Å². The SMILES string of the molecule is CC1CC2C3CCCCC3CCC2C1[Si](C)(C)NC(C)(C)C. The van der Waals surface area contributed by atoms with Crippen molar-refractivity contribution in [2.75, 3.05) is 0 Å². The fourth-order valence-electron chi connectivity index (χ4n) is 7.19. The summed E-state index contributed by atoms with van der Waals surface area (Å²) in [5, 5.41) is 0. The van der Waals surface area contributed by atoms with E-state index in [1.165, 1.54) is 12.8 Å². The lowest BCUT2D eigenvalue weighted by Crippen LogP contribution is -2.59. The highest BCUT2D eigenvalue weighted by atomic mass is 28.3. The maximum atomic E-state index is 4.11. The van der Waals surface area contributed by atoms with E-state index in [9.17, 15) is 0 Å². The van der Waals surface area contributed by atoms with Gasteiger partial charge in [0.1, 0.15) is 8.24 Å². The first kappa shape index (κ1) is 17.0. The number of rotatable bonds is 2. The van der Waals surface area contributed by atoms with E-state index in [1.807, 2.05) is 0 Å². The Morgan fingerprint density at radius 2 is 1.55 bits per heavy atom. The van der Waals surface area contributed by atoms with Crippen molar-refractivity contribution in [1.82, 2.24) is 4.98 Å². The largest absolute Gasteiger partial charge is 0.332 e. The Morgan fingerprint density at radius 1 is 0.864 bits per heavy atom. The van der Waals surface area contributed by atoms with E-state index in [1.54, 1.807) is 32.1 Å². The van der Waals surface area contributed by atoms with Gasteiger partial charge in [0.05, 0.1) is 0 Å². The van der Waals surface area contributed by atoms with Crippen LogP contribution in [0.5, 0.6) is 0 Å². The van der Waals surface area contributed by atoms with Gasteiger partial charge in [-0.3, -0.25) is 0 Å². The Balaban J connectivity index is 1.79. The van der Waals surface area contributed by atoms with E-state index in [-0.39, 0.29) is 5.54 Å². The molecule has 1 N–H and O–H groups in total. The highest BCUT2D eigenvalue weighted by molar-refractivity contribution is 6.76. The molecule has 0 aromatic carbocycles. The maximum absolute atomic E-state index is 4.11. The van der Waals surface area contributed by atoms with E-state index in [2.05, 4.69) is 45.8 Å². The molecule has 0 heterocycles. The van der Waals surface area contributed by atoms with E-state index in [0.717, 1.165) is 35.1 Å². The smallest absolute Gasteiger partial charge is 0.123 e. The molecule has 3 saturated carbocycles. The molecule has 3 fully saturated rings. The molecule has 0 aromatic heterocycles. The highest BCUT2D eigenvalue weighted by Gasteiger charge is 2.54. The zero-order chi connectivity index (χ0) is 16.1. The molecule has 3 aliphatic rings. The van der Waals surface area contributed by atoms with E-state index < -0.39 is 8.24 Å². The topological polar surface area (TPSA) is 12.0 Å². The second kappa shape index (κ2) is 5.92. The summed E-state index contributed by atoms with van der Waals surface area (Å²) in [5.41, 5.74) is 1.27. The normalized spacial score (nSPS) is 42.8. The second-order valence-electron chi connectivity index (χ2n) is 10.4. The van der Waals surface area contributed by atoms with Crippen molar-refractivity contribution < 1.29 is 0 Å². The van der Waals surface area contributed by atoms with Gasteiger partial charge in [0.2, 0.25) is 0 Å². The van der Waals surface area contributed by atoms with Crippen molar-refractivity contribution >= 4 is 8.24 Å². The van der Waals surface area contributed by atoms with E-state index in [4.69, 9.17) is 0 Å². The molecular weight excluding hydrogens is 282 g/mol. The maximum Gasteiger partial charge on any atom is 0.123 e. The van der Waals surface area contributed by atoms with Crippen LogP contribution in [0.2, 0.25) is 18.6 Å². The third-order valence-corrected chi connectivity index (χ3v) is 11.2. The first-order valence-electron chi connectivity index (χ1n) is 9.98. The van der Waals surface area contributed by atoms with Gasteiger partial charge in [-0.05, 0) is 81.6 Å². The summed E-state index contributed by atoms with van der Waals surface area (Å²) in [6.45, 7) is 14.9. The average Bonchev–Trinajstić information content (AvgIpc) is 2.73. The second-order valence-corrected chi connectivity index (χ2v) is 14.8. The lowest BCUT2D eigenvalue weighted by molar-refractivity contribution is 0.0719. The van der Waals surface area contributed by atoms with Gasteiger partial charge < -0.3 is 4.98 Å². The molecule has 6 unspecified atom stereocenters. The van der Waals surface area contributed by atoms with Gasteiger partial charge in [-0.1, -0.05) is 39.3 Å². The average molecular weight is 322 g/mol. The van der Waals surface area contributed by atoms with E-state index >= 15 is 0 Å². The minimum Gasteiger partial charge on any atom is -0.332 e. The van der Waals surface area contributed by atoms with Crippen LogP contribution in [0.1, 0.15) is 72.6 Å². The molecule has 0 bridgehead atoms. The predicted molar refractivity (Wildman–Crippen MR) is 99.6 cm³/mol. The zero-order valence-electron chi connectivity index (χ0n) is 15.9. The van der Waals surface area contributed by atoms with Crippen LogP contribution in [0, 0.1) is 29.6 Å². The third kappa shape index (κ3) is 3.20. The Bertz CT molecular complexity index is 397. The molecule has 3 rings (SSSR count). The van der Waals surface area contributed by atoms with Crippen molar-refractivity contribution in [3.05, 3.63) is 0 Å². The molecule has 22 heavy (non-hydrogen) atoms. The van der Waals surface area contributed by atoms with Crippen molar-refractivity contribution in [2.24, 2.45) is 29.6 Å². The molecule has 2 heteroatoms. The van der Waals surface area contributed by atoms with Crippen LogP contribution in [0.25, 0.3) is 0 Å². The molecule has 0 aliphatic heterocycles. The Labute approximate surface area is 140 Å². The van der Waals surface area contributed by atoms with Crippen molar-refractivity contribution in [1.29, 1.82) is 0 Å². The molecule has 0 saturated heterocycles. The van der Waals surface area contributed by atoms with Gasteiger partial charge in [0, 0.05) is 5.54 Å². The molecular formula is C20H39NSi. The summed E-state index contributed by atoms with van der Waals surface area (Å²) in [6.07, 6.45) is 10.8. The van der Waals surface area contributed by atoms with Gasteiger partial charge >= 0.3 is 0 Å². The summed E-state index contributed by atoms with van der Waals surface area (Å²) in [7, 11) is -1.38. The quantitative estimate of drug-likeness (QED) is 0.632. The number of nitrogens with one attached hydrogen (secondary N) is 1.